The van der Waals surface area contributed by atoms with E-state index in [-0.39, 0.29) is 6.79 Å². The van der Waals surface area contributed by atoms with E-state index >= 15 is 0 Å². The number of hydrogen-bond acceptors (Lipinski definition) is 6. The third kappa shape index (κ3) is 8.77. The molecule has 6 nitrogen and oxygen atoms in total. The molecule has 1 rings (SSSR count). The lowest BCUT2D eigenvalue weighted by Gasteiger charge is -2.19. The minimum absolute atomic E-state index is 0.0698. The Bertz CT molecular complexity index is 476. The Morgan fingerprint density at radius 2 is 1.92 bits per heavy atom. The number of hydrogen-bond donors (Lipinski definition) is 0. The van der Waals surface area contributed by atoms with E-state index in [0.29, 0.717) is 31.5 Å². The molecule has 0 spiro atoms. The summed E-state index contributed by atoms with van der Waals surface area (Å²) in [6.45, 7) is 2.81. The molecule has 0 heterocycles. The Morgan fingerprint density at radius 3 is 2.56 bits per heavy atom. The Labute approximate surface area is 149 Å². The molecule has 0 aromatic heterocycles. The van der Waals surface area contributed by atoms with Crippen molar-refractivity contribution in [1.82, 2.24) is 0 Å². The number of carbonyl (C=O) groups excluding carboxylic acids is 2. The van der Waals surface area contributed by atoms with Gasteiger partial charge in [-0.05, 0) is 18.4 Å². The van der Waals surface area contributed by atoms with Crippen molar-refractivity contribution in [3.05, 3.63) is 35.9 Å². The molecule has 0 aliphatic carbocycles. The number of benzene rings is 1. The van der Waals surface area contributed by atoms with Crippen LogP contribution in [-0.2, 0) is 28.5 Å². The molecule has 2 atom stereocenters. The van der Waals surface area contributed by atoms with Crippen LogP contribution in [0.5, 0.6) is 0 Å². The first-order chi connectivity index (χ1) is 12.2. The Balaban J connectivity index is 2.63. The molecule has 0 aliphatic rings. The summed E-state index contributed by atoms with van der Waals surface area (Å²) in [5.41, 5.74) is 0.654. The number of carbonyl (C=O) groups is 2. The molecule has 0 bridgehead atoms. The monoisotopic (exact) mass is 352 g/mol. The molecule has 0 saturated carbocycles. The van der Waals surface area contributed by atoms with Crippen LogP contribution in [0.1, 0.15) is 44.3 Å². The number of esters is 1. The van der Waals surface area contributed by atoms with Gasteiger partial charge in [-0.2, -0.15) is 0 Å². The van der Waals surface area contributed by atoms with E-state index in [1.54, 1.807) is 19.2 Å². The minimum atomic E-state index is -0.933. The van der Waals surface area contributed by atoms with Gasteiger partial charge in [0.15, 0.2) is 18.5 Å². The number of aldehydes is 1. The molecule has 0 unspecified atom stereocenters. The van der Waals surface area contributed by atoms with Gasteiger partial charge in [0.1, 0.15) is 6.79 Å². The third-order valence-corrected chi connectivity index (χ3v) is 3.58. The summed E-state index contributed by atoms with van der Waals surface area (Å²) in [7, 11) is 1.58. The van der Waals surface area contributed by atoms with Crippen molar-refractivity contribution in [2.75, 3.05) is 27.1 Å². The van der Waals surface area contributed by atoms with Gasteiger partial charge in [0.25, 0.3) is 0 Å². The van der Waals surface area contributed by atoms with Gasteiger partial charge < -0.3 is 18.9 Å². The fraction of sp³-hybridized carbons (Fsp3) is 0.579. The molecule has 0 amide bonds. The van der Waals surface area contributed by atoms with E-state index < -0.39 is 18.2 Å². The van der Waals surface area contributed by atoms with Gasteiger partial charge in [0, 0.05) is 7.11 Å². The lowest BCUT2D eigenvalue weighted by molar-refractivity contribution is -0.174. The predicted molar refractivity (Wildman–Crippen MR) is 93.0 cm³/mol. The highest BCUT2D eigenvalue weighted by atomic mass is 16.7. The second kappa shape index (κ2) is 13.5. The summed E-state index contributed by atoms with van der Waals surface area (Å²) in [5.74, 6) is -0.588. The summed E-state index contributed by atoms with van der Waals surface area (Å²) in [6, 6.07) is 9.01. The maximum atomic E-state index is 12.5. The molecule has 0 N–H and O–H groups in total. The average molecular weight is 352 g/mol. The Morgan fingerprint density at radius 1 is 1.16 bits per heavy atom. The summed E-state index contributed by atoms with van der Waals surface area (Å²) < 4.78 is 21.0. The summed E-state index contributed by atoms with van der Waals surface area (Å²) >= 11 is 0. The van der Waals surface area contributed by atoms with Crippen LogP contribution in [0.25, 0.3) is 0 Å². The summed E-state index contributed by atoms with van der Waals surface area (Å²) in [5, 5.41) is 0. The molecule has 6 heteroatoms. The lowest BCUT2D eigenvalue weighted by Crippen LogP contribution is -2.26. The molecule has 0 fully saturated rings. The van der Waals surface area contributed by atoms with Crippen LogP contribution in [0.2, 0.25) is 0 Å². The highest BCUT2D eigenvalue weighted by Crippen LogP contribution is 2.20. The average Bonchev–Trinajstić information content (AvgIpc) is 2.64. The van der Waals surface area contributed by atoms with Crippen molar-refractivity contribution in [2.24, 2.45) is 0 Å². The van der Waals surface area contributed by atoms with Crippen LogP contribution < -0.4 is 0 Å². The second-order valence-corrected chi connectivity index (χ2v) is 5.58. The molecule has 1 aromatic rings. The first-order valence-electron chi connectivity index (χ1n) is 8.62. The van der Waals surface area contributed by atoms with E-state index in [4.69, 9.17) is 18.9 Å². The topological polar surface area (TPSA) is 71.1 Å². The zero-order valence-electron chi connectivity index (χ0n) is 15.0. The largest absolute Gasteiger partial charge is 0.452 e. The van der Waals surface area contributed by atoms with Crippen LogP contribution >= 0.6 is 0 Å². The molecular formula is C19H28O6. The maximum absolute atomic E-state index is 12.5. The van der Waals surface area contributed by atoms with E-state index in [2.05, 4.69) is 6.92 Å². The zero-order valence-corrected chi connectivity index (χ0v) is 15.0. The summed E-state index contributed by atoms with van der Waals surface area (Å²) in [4.78, 5) is 23.6. The van der Waals surface area contributed by atoms with E-state index in [0.717, 1.165) is 19.3 Å². The van der Waals surface area contributed by atoms with Crippen molar-refractivity contribution >= 4 is 12.3 Å². The van der Waals surface area contributed by atoms with Gasteiger partial charge in [0.2, 0.25) is 0 Å². The number of rotatable bonds is 14. The highest BCUT2D eigenvalue weighted by molar-refractivity contribution is 5.78. The van der Waals surface area contributed by atoms with Crippen molar-refractivity contribution in [3.8, 4) is 0 Å². The number of ether oxygens (including phenoxy) is 4. The van der Waals surface area contributed by atoms with E-state index in [9.17, 15) is 9.59 Å². The van der Waals surface area contributed by atoms with Crippen LogP contribution in [0, 0.1) is 0 Å². The minimum Gasteiger partial charge on any atom is -0.452 e. The van der Waals surface area contributed by atoms with Crippen molar-refractivity contribution < 1.29 is 28.5 Å². The SMILES string of the molecule is CCCCC[C@H](C=O)OC(=O)[C@@H](OCOCCOC)c1ccccc1. The summed E-state index contributed by atoms with van der Waals surface area (Å²) in [6.07, 6.45) is 2.38. The normalized spacial score (nSPS) is 13.2. The van der Waals surface area contributed by atoms with Crippen molar-refractivity contribution in [2.45, 2.75) is 44.8 Å². The highest BCUT2D eigenvalue weighted by Gasteiger charge is 2.26. The van der Waals surface area contributed by atoms with Crippen LogP contribution in [-0.4, -0.2) is 45.5 Å². The maximum Gasteiger partial charge on any atom is 0.340 e. The second-order valence-electron chi connectivity index (χ2n) is 5.58. The fourth-order valence-electron chi connectivity index (χ4n) is 2.21. The van der Waals surface area contributed by atoms with Crippen LogP contribution in [0.3, 0.4) is 0 Å². The molecule has 1 aromatic carbocycles. The standard InChI is InChI=1S/C19H28O6/c1-3-4-6-11-17(14-20)25-19(21)18(16-9-7-5-8-10-16)24-15-23-13-12-22-2/h5,7-10,14,17-18H,3-4,6,11-13,15H2,1-2H3/t17-,18+/m1/s1. The third-order valence-electron chi connectivity index (χ3n) is 3.58. The molecule has 140 valence electrons. The molecule has 0 saturated heterocycles. The van der Waals surface area contributed by atoms with Crippen LogP contribution in [0.4, 0.5) is 0 Å². The molecule has 25 heavy (non-hydrogen) atoms. The number of unbranched alkanes of at least 4 members (excludes halogenated alkanes) is 2. The molecule has 0 radical (unpaired) electrons. The van der Waals surface area contributed by atoms with Gasteiger partial charge in [0.05, 0.1) is 13.2 Å². The van der Waals surface area contributed by atoms with Gasteiger partial charge in [-0.25, -0.2) is 4.79 Å². The number of methoxy groups -OCH3 is 1. The first-order valence-corrected chi connectivity index (χ1v) is 8.62. The Hall–Kier alpha value is -1.76. The molecular weight excluding hydrogens is 324 g/mol. The van der Waals surface area contributed by atoms with Crippen molar-refractivity contribution in [1.29, 1.82) is 0 Å². The Kier molecular flexibility index (Phi) is 11.5. The molecule has 0 aliphatic heterocycles. The van der Waals surface area contributed by atoms with Gasteiger partial charge in [-0.15, -0.1) is 0 Å². The van der Waals surface area contributed by atoms with Gasteiger partial charge in [-0.1, -0.05) is 50.1 Å². The first kappa shape index (κ1) is 21.3. The van der Waals surface area contributed by atoms with Gasteiger partial charge in [-0.3, -0.25) is 4.79 Å². The lowest BCUT2D eigenvalue weighted by atomic mass is 10.1. The van der Waals surface area contributed by atoms with Crippen LogP contribution in [0.15, 0.2) is 30.3 Å². The predicted octanol–water partition coefficient (Wildman–Crippen LogP) is 3.06. The zero-order chi connectivity index (χ0) is 18.3. The van der Waals surface area contributed by atoms with Crippen molar-refractivity contribution in [3.63, 3.8) is 0 Å². The smallest absolute Gasteiger partial charge is 0.340 e. The van der Waals surface area contributed by atoms with E-state index in [1.807, 2.05) is 18.2 Å². The van der Waals surface area contributed by atoms with E-state index in [1.165, 1.54) is 0 Å². The quantitative estimate of drug-likeness (QED) is 0.222. The fourth-order valence-corrected chi connectivity index (χ4v) is 2.21. The van der Waals surface area contributed by atoms with Gasteiger partial charge >= 0.3 is 5.97 Å².